The lowest BCUT2D eigenvalue weighted by Gasteiger charge is -2.33. The topological polar surface area (TPSA) is 111 Å². The highest BCUT2D eigenvalue weighted by Gasteiger charge is 2.40. The van der Waals surface area contributed by atoms with Gasteiger partial charge in [0.2, 0.25) is 0 Å². The fourth-order valence-electron chi connectivity index (χ4n) is 5.87. The van der Waals surface area contributed by atoms with Gasteiger partial charge in [-0.15, -0.1) is 0 Å². The first-order valence-electron chi connectivity index (χ1n) is 13.3. The van der Waals surface area contributed by atoms with E-state index in [0.29, 0.717) is 17.3 Å². The first-order valence-corrected chi connectivity index (χ1v) is 13.3. The zero-order valence-electron chi connectivity index (χ0n) is 22.0. The Morgan fingerprint density at radius 3 is 2.02 bits per heavy atom. The molecule has 2 aliphatic heterocycles. The van der Waals surface area contributed by atoms with Gasteiger partial charge in [0.25, 0.3) is 11.8 Å². The molecule has 10 nitrogen and oxygen atoms in total. The van der Waals surface area contributed by atoms with Crippen LogP contribution in [-0.4, -0.2) is 56.3 Å². The van der Waals surface area contributed by atoms with E-state index >= 15 is 0 Å². The van der Waals surface area contributed by atoms with Crippen molar-refractivity contribution < 1.29 is 28.8 Å². The molecule has 0 N–H and O–H groups in total. The third-order valence-corrected chi connectivity index (χ3v) is 7.96. The minimum atomic E-state index is -0.914. The van der Waals surface area contributed by atoms with Crippen LogP contribution >= 0.6 is 0 Å². The molecule has 0 saturated carbocycles. The monoisotopic (exact) mass is 548 g/mol. The number of carbonyl (C=O) groups excluding carboxylic acids is 4. The van der Waals surface area contributed by atoms with E-state index in [1.54, 1.807) is 21.7 Å². The molecule has 7 rings (SSSR count). The second-order valence-electron chi connectivity index (χ2n) is 10.3. The van der Waals surface area contributed by atoms with E-state index in [9.17, 15) is 19.2 Å². The van der Waals surface area contributed by atoms with Crippen LogP contribution in [0, 0.1) is 0 Å². The Balaban J connectivity index is 1.07. The molecule has 1 unspecified atom stereocenters. The number of rotatable bonds is 4. The Labute approximate surface area is 234 Å². The number of benzene rings is 3. The van der Waals surface area contributed by atoms with Crippen LogP contribution in [0.1, 0.15) is 60.7 Å². The van der Waals surface area contributed by atoms with E-state index < -0.39 is 23.9 Å². The molecule has 1 aliphatic carbocycles. The number of hydroxylamine groups is 2. The minimum absolute atomic E-state index is 0.0460. The van der Waals surface area contributed by atoms with E-state index in [-0.39, 0.29) is 41.8 Å². The van der Waals surface area contributed by atoms with E-state index in [4.69, 9.17) is 9.57 Å². The van der Waals surface area contributed by atoms with Crippen molar-refractivity contribution in [3.05, 3.63) is 113 Å². The summed E-state index contributed by atoms with van der Waals surface area (Å²) in [5.41, 5.74) is 5.33. The van der Waals surface area contributed by atoms with Crippen LogP contribution < -0.4 is 0 Å². The lowest BCUT2D eigenvalue weighted by Crippen LogP contribution is -2.46. The normalized spacial score (nSPS) is 17.1. The van der Waals surface area contributed by atoms with Crippen LogP contribution in [0.2, 0.25) is 0 Å². The van der Waals surface area contributed by atoms with Gasteiger partial charge >= 0.3 is 12.1 Å². The molecule has 1 aromatic heterocycles. The minimum Gasteiger partial charge on any atom is -0.448 e. The van der Waals surface area contributed by atoms with Crippen molar-refractivity contribution >= 4 is 23.9 Å². The zero-order valence-corrected chi connectivity index (χ0v) is 22.0. The maximum atomic E-state index is 13.4. The van der Waals surface area contributed by atoms with Gasteiger partial charge in [0.05, 0.1) is 42.1 Å². The van der Waals surface area contributed by atoms with Crippen LogP contribution in [0.25, 0.3) is 11.1 Å². The van der Waals surface area contributed by atoms with Crippen LogP contribution in [0.5, 0.6) is 0 Å². The number of hydrogen-bond donors (Lipinski definition) is 0. The summed E-state index contributed by atoms with van der Waals surface area (Å²) in [5, 5.41) is 4.75. The standard InChI is InChI=1S/C31H24N4O6/c1-18-15-34-27(25(14-32-34)30(38)41-35-28(36)23-12-6-7-13-24(23)29(35)37)16-33(18)31(39)40-17-26-21-10-4-2-8-19(21)20-9-3-5-11-22(20)26/h2-14,18,26H,15-17H2,1H3. The molecule has 10 heteroatoms. The van der Waals surface area contributed by atoms with Crippen LogP contribution in [-0.2, 0) is 22.7 Å². The Hall–Kier alpha value is -5.25. The molecule has 3 amide bonds. The molecule has 3 heterocycles. The van der Waals surface area contributed by atoms with Crippen molar-refractivity contribution in [2.75, 3.05) is 6.61 Å². The summed E-state index contributed by atoms with van der Waals surface area (Å²) in [7, 11) is 0. The number of ether oxygens (including phenoxy) is 1. The third-order valence-electron chi connectivity index (χ3n) is 7.96. The SMILES string of the molecule is CC1Cn2ncc(C(=O)ON3C(=O)c4ccccc4C3=O)c2CN1C(=O)OCC1c2ccccc2-c2ccccc21. The molecule has 3 aliphatic rings. The fraction of sp³-hybridized carbons (Fsp3) is 0.194. The number of amides is 3. The van der Waals surface area contributed by atoms with Crippen molar-refractivity contribution in [1.82, 2.24) is 19.7 Å². The maximum Gasteiger partial charge on any atom is 0.410 e. The smallest absolute Gasteiger partial charge is 0.410 e. The van der Waals surface area contributed by atoms with E-state index in [2.05, 4.69) is 29.4 Å². The fourth-order valence-corrected chi connectivity index (χ4v) is 5.87. The lowest BCUT2D eigenvalue weighted by atomic mass is 9.98. The van der Waals surface area contributed by atoms with Gasteiger partial charge in [0, 0.05) is 5.92 Å². The van der Waals surface area contributed by atoms with Gasteiger partial charge in [-0.2, -0.15) is 5.10 Å². The molecule has 0 fully saturated rings. The predicted octanol–water partition coefficient (Wildman–Crippen LogP) is 4.40. The third kappa shape index (κ3) is 3.90. The number of carbonyl (C=O) groups is 4. The quantitative estimate of drug-likeness (QED) is 0.348. The number of aromatic nitrogens is 2. The first kappa shape index (κ1) is 24.8. The van der Waals surface area contributed by atoms with Crippen molar-refractivity contribution in [3.8, 4) is 11.1 Å². The summed E-state index contributed by atoms with van der Waals surface area (Å²) in [6.45, 7) is 2.43. The maximum absolute atomic E-state index is 13.4. The van der Waals surface area contributed by atoms with Crippen molar-refractivity contribution in [2.45, 2.75) is 32.0 Å². The van der Waals surface area contributed by atoms with Gasteiger partial charge < -0.3 is 9.57 Å². The van der Waals surface area contributed by atoms with Crippen LogP contribution in [0.3, 0.4) is 0 Å². The number of nitrogens with zero attached hydrogens (tertiary/aromatic N) is 4. The Morgan fingerprint density at radius 2 is 1.41 bits per heavy atom. The molecule has 0 saturated heterocycles. The Kier molecular flexibility index (Phi) is 5.70. The van der Waals surface area contributed by atoms with Gasteiger partial charge in [-0.1, -0.05) is 65.7 Å². The zero-order chi connectivity index (χ0) is 28.2. The largest absolute Gasteiger partial charge is 0.448 e. The Morgan fingerprint density at radius 1 is 0.854 bits per heavy atom. The lowest BCUT2D eigenvalue weighted by molar-refractivity contribution is -0.0586. The van der Waals surface area contributed by atoms with E-state index in [1.807, 2.05) is 31.2 Å². The summed E-state index contributed by atoms with van der Waals surface area (Å²) >= 11 is 0. The van der Waals surface area contributed by atoms with Crippen LogP contribution in [0.4, 0.5) is 4.79 Å². The van der Waals surface area contributed by atoms with E-state index in [0.717, 1.165) is 22.3 Å². The molecule has 1 atom stereocenters. The first-order chi connectivity index (χ1) is 19.9. The van der Waals surface area contributed by atoms with Crippen molar-refractivity contribution in [2.24, 2.45) is 0 Å². The van der Waals surface area contributed by atoms with Crippen LogP contribution in [0.15, 0.2) is 79.0 Å². The second-order valence-corrected chi connectivity index (χ2v) is 10.3. The number of hydrogen-bond acceptors (Lipinski definition) is 7. The highest BCUT2D eigenvalue weighted by atomic mass is 16.7. The number of fused-ring (bicyclic) bond motifs is 5. The van der Waals surface area contributed by atoms with E-state index in [1.165, 1.54) is 18.3 Å². The summed E-state index contributed by atoms with van der Waals surface area (Å²) in [6.07, 6.45) is 0.815. The molecule has 4 aromatic rings. The highest BCUT2D eigenvalue weighted by Crippen LogP contribution is 2.44. The highest BCUT2D eigenvalue weighted by molar-refractivity contribution is 6.21. The molecule has 0 radical (unpaired) electrons. The molecule has 41 heavy (non-hydrogen) atoms. The molecule has 0 bridgehead atoms. The molecular formula is C31H24N4O6. The average Bonchev–Trinajstić information content (AvgIpc) is 3.62. The van der Waals surface area contributed by atoms with Gasteiger partial charge in [-0.25, -0.2) is 9.59 Å². The van der Waals surface area contributed by atoms with Crippen molar-refractivity contribution in [3.63, 3.8) is 0 Å². The predicted molar refractivity (Wildman–Crippen MR) is 145 cm³/mol. The Bertz CT molecular complexity index is 1680. The number of imide groups is 1. The average molecular weight is 549 g/mol. The summed E-state index contributed by atoms with van der Waals surface area (Å²) < 4.78 is 7.48. The summed E-state index contributed by atoms with van der Waals surface area (Å²) in [6, 6.07) is 22.2. The van der Waals surface area contributed by atoms with Gasteiger partial charge in [-0.3, -0.25) is 19.2 Å². The molecule has 204 valence electrons. The van der Waals surface area contributed by atoms with Gasteiger partial charge in [-0.05, 0) is 41.3 Å². The van der Waals surface area contributed by atoms with Gasteiger partial charge in [0.1, 0.15) is 12.2 Å². The molecule has 3 aromatic carbocycles. The van der Waals surface area contributed by atoms with Gasteiger partial charge in [0.15, 0.2) is 0 Å². The summed E-state index contributed by atoms with van der Waals surface area (Å²) in [4.78, 5) is 58.6. The second kappa shape index (κ2) is 9.44. The molecular weight excluding hydrogens is 524 g/mol. The van der Waals surface area contributed by atoms with Crippen molar-refractivity contribution in [1.29, 1.82) is 0 Å². The molecule has 0 spiro atoms. The summed E-state index contributed by atoms with van der Waals surface area (Å²) in [5.74, 6) is -2.42.